The Labute approximate surface area is 113 Å². The summed E-state index contributed by atoms with van der Waals surface area (Å²) >= 11 is 0. The highest BCUT2D eigenvalue weighted by Crippen LogP contribution is 2.24. The number of nitrogens with one attached hydrogen (secondary N) is 1. The van der Waals surface area contributed by atoms with Crippen LogP contribution in [0.1, 0.15) is 44.3 Å². The molecule has 1 atom stereocenters. The average molecular weight is 256 g/mol. The number of fused-ring (bicyclic) bond motifs is 1. The number of nitrogens with zero attached hydrogens (tertiary/aromatic N) is 1. The SMILES string of the molecule is CC(C)n1c(=O)c(C2CCCN2)cc2ccccc21. The van der Waals surface area contributed by atoms with Gasteiger partial charge in [0.25, 0.3) is 5.56 Å². The first-order chi connectivity index (χ1) is 9.18. The molecule has 1 saturated heterocycles. The largest absolute Gasteiger partial charge is 0.310 e. The predicted octanol–water partition coefficient (Wildman–Crippen LogP) is 3.01. The van der Waals surface area contributed by atoms with Crippen LogP contribution in [0.4, 0.5) is 0 Å². The Morgan fingerprint density at radius 3 is 2.79 bits per heavy atom. The van der Waals surface area contributed by atoms with Crippen LogP contribution in [0.15, 0.2) is 35.1 Å². The standard InChI is InChI=1S/C16H20N2O/c1-11(2)18-15-8-4-3-6-12(15)10-13(16(18)19)14-7-5-9-17-14/h3-4,6,8,10-11,14,17H,5,7,9H2,1-2H3. The number of pyridine rings is 1. The Bertz CT molecular complexity index is 651. The third kappa shape index (κ3) is 2.08. The number of hydrogen-bond donors (Lipinski definition) is 1. The summed E-state index contributed by atoms with van der Waals surface area (Å²) in [5.41, 5.74) is 2.11. The fraction of sp³-hybridized carbons (Fsp3) is 0.438. The van der Waals surface area contributed by atoms with Crippen LogP contribution in [-0.2, 0) is 0 Å². The molecule has 1 N–H and O–H groups in total. The van der Waals surface area contributed by atoms with Gasteiger partial charge in [-0.1, -0.05) is 18.2 Å². The van der Waals surface area contributed by atoms with E-state index in [4.69, 9.17) is 0 Å². The third-order valence-corrected chi connectivity index (χ3v) is 3.93. The van der Waals surface area contributed by atoms with Gasteiger partial charge in [-0.25, -0.2) is 0 Å². The van der Waals surface area contributed by atoms with Crippen molar-refractivity contribution in [3.05, 3.63) is 46.2 Å². The molecule has 1 aliphatic rings. The lowest BCUT2D eigenvalue weighted by Crippen LogP contribution is -2.29. The second kappa shape index (κ2) is 4.82. The van der Waals surface area contributed by atoms with Gasteiger partial charge in [-0.15, -0.1) is 0 Å². The third-order valence-electron chi connectivity index (χ3n) is 3.93. The minimum Gasteiger partial charge on any atom is -0.310 e. The van der Waals surface area contributed by atoms with E-state index in [0.717, 1.165) is 35.9 Å². The first-order valence-electron chi connectivity index (χ1n) is 7.06. The molecule has 0 spiro atoms. The van der Waals surface area contributed by atoms with Gasteiger partial charge in [-0.2, -0.15) is 0 Å². The van der Waals surface area contributed by atoms with Crippen LogP contribution in [-0.4, -0.2) is 11.1 Å². The Morgan fingerprint density at radius 2 is 2.11 bits per heavy atom. The van der Waals surface area contributed by atoms with Crippen molar-refractivity contribution >= 4 is 10.9 Å². The van der Waals surface area contributed by atoms with Crippen molar-refractivity contribution in [2.75, 3.05) is 6.54 Å². The van der Waals surface area contributed by atoms with Crippen molar-refractivity contribution in [2.24, 2.45) is 0 Å². The molecule has 0 bridgehead atoms. The molecule has 1 aromatic heterocycles. The highest BCUT2D eigenvalue weighted by atomic mass is 16.1. The number of rotatable bonds is 2. The van der Waals surface area contributed by atoms with E-state index in [1.54, 1.807) is 0 Å². The molecule has 3 rings (SSSR count). The van der Waals surface area contributed by atoms with Crippen molar-refractivity contribution < 1.29 is 0 Å². The Morgan fingerprint density at radius 1 is 1.32 bits per heavy atom. The van der Waals surface area contributed by atoms with Crippen LogP contribution in [0.3, 0.4) is 0 Å². The van der Waals surface area contributed by atoms with Crippen molar-refractivity contribution in [1.82, 2.24) is 9.88 Å². The molecule has 3 nitrogen and oxygen atoms in total. The van der Waals surface area contributed by atoms with Gasteiger partial charge in [-0.05, 0) is 50.8 Å². The topological polar surface area (TPSA) is 34.0 Å². The lowest BCUT2D eigenvalue weighted by Gasteiger charge is -2.18. The van der Waals surface area contributed by atoms with Gasteiger partial charge in [0.15, 0.2) is 0 Å². The van der Waals surface area contributed by atoms with E-state index in [0.29, 0.717) is 0 Å². The molecule has 0 amide bonds. The van der Waals surface area contributed by atoms with Crippen LogP contribution >= 0.6 is 0 Å². The van der Waals surface area contributed by atoms with E-state index < -0.39 is 0 Å². The van der Waals surface area contributed by atoms with Gasteiger partial charge in [0.2, 0.25) is 0 Å². The summed E-state index contributed by atoms with van der Waals surface area (Å²) in [6.45, 7) is 5.15. The molecule has 1 unspecified atom stereocenters. The first kappa shape index (κ1) is 12.4. The van der Waals surface area contributed by atoms with E-state index in [-0.39, 0.29) is 17.6 Å². The van der Waals surface area contributed by atoms with Crippen molar-refractivity contribution in [2.45, 2.75) is 38.8 Å². The van der Waals surface area contributed by atoms with E-state index >= 15 is 0 Å². The van der Waals surface area contributed by atoms with Gasteiger partial charge in [0.1, 0.15) is 0 Å². The van der Waals surface area contributed by atoms with E-state index in [1.807, 2.05) is 22.8 Å². The van der Waals surface area contributed by atoms with Gasteiger partial charge >= 0.3 is 0 Å². The van der Waals surface area contributed by atoms with Crippen molar-refractivity contribution in [3.63, 3.8) is 0 Å². The summed E-state index contributed by atoms with van der Waals surface area (Å²) < 4.78 is 1.92. The number of aromatic nitrogens is 1. The molecular formula is C16H20N2O. The van der Waals surface area contributed by atoms with E-state index in [2.05, 4.69) is 31.3 Å². The molecule has 0 radical (unpaired) electrons. The summed E-state index contributed by atoms with van der Waals surface area (Å²) in [5.74, 6) is 0. The lowest BCUT2D eigenvalue weighted by atomic mass is 10.0. The molecule has 2 aromatic rings. The minimum absolute atomic E-state index is 0.160. The van der Waals surface area contributed by atoms with E-state index in [1.165, 1.54) is 0 Å². The Kier molecular flexibility index (Phi) is 3.15. The predicted molar refractivity (Wildman–Crippen MR) is 78.6 cm³/mol. The first-order valence-corrected chi connectivity index (χ1v) is 7.06. The van der Waals surface area contributed by atoms with Crippen LogP contribution in [0, 0.1) is 0 Å². The zero-order chi connectivity index (χ0) is 13.4. The second-order valence-electron chi connectivity index (χ2n) is 5.58. The number of hydrogen-bond acceptors (Lipinski definition) is 2. The van der Waals surface area contributed by atoms with Crippen molar-refractivity contribution in [3.8, 4) is 0 Å². The van der Waals surface area contributed by atoms with Crippen molar-refractivity contribution in [1.29, 1.82) is 0 Å². The smallest absolute Gasteiger partial charge is 0.256 e. The number of para-hydroxylation sites is 1. The summed E-state index contributed by atoms with van der Waals surface area (Å²) in [4.78, 5) is 12.7. The summed E-state index contributed by atoms with van der Waals surface area (Å²) in [5, 5.41) is 4.58. The molecule has 1 aliphatic heterocycles. The fourth-order valence-corrected chi connectivity index (χ4v) is 3.02. The lowest BCUT2D eigenvalue weighted by molar-refractivity contribution is 0.573. The highest BCUT2D eigenvalue weighted by Gasteiger charge is 2.21. The van der Waals surface area contributed by atoms with Gasteiger partial charge in [0, 0.05) is 17.6 Å². The van der Waals surface area contributed by atoms with Crippen LogP contribution in [0.25, 0.3) is 10.9 Å². The Hall–Kier alpha value is -1.61. The molecule has 100 valence electrons. The molecule has 0 saturated carbocycles. The average Bonchev–Trinajstić information content (AvgIpc) is 2.91. The monoisotopic (exact) mass is 256 g/mol. The van der Waals surface area contributed by atoms with Crippen LogP contribution in [0.2, 0.25) is 0 Å². The Balaban J connectivity index is 2.29. The molecule has 1 fully saturated rings. The maximum atomic E-state index is 12.7. The second-order valence-corrected chi connectivity index (χ2v) is 5.58. The zero-order valence-corrected chi connectivity index (χ0v) is 11.5. The molecule has 2 heterocycles. The zero-order valence-electron chi connectivity index (χ0n) is 11.5. The highest BCUT2D eigenvalue weighted by molar-refractivity contribution is 5.79. The van der Waals surface area contributed by atoms with Crippen LogP contribution < -0.4 is 10.9 Å². The maximum absolute atomic E-state index is 12.7. The van der Waals surface area contributed by atoms with E-state index in [9.17, 15) is 4.79 Å². The van der Waals surface area contributed by atoms with Gasteiger partial charge in [0.05, 0.1) is 5.52 Å². The molecule has 0 aliphatic carbocycles. The number of benzene rings is 1. The maximum Gasteiger partial charge on any atom is 0.256 e. The normalized spacial score (nSPS) is 19.4. The quantitative estimate of drug-likeness (QED) is 0.896. The summed E-state index contributed by atoms with van der Waals surface area (Å²) in [6, 6.07) is 10.6. The molecule has 3 heteroatoms. The summed E-state index contributed by atoms with van der Waals surface area (Å²) in [6.07, 6.45) is 2.21. The molecule has 19 heavy (non-hydrogen) atoms. The minimum atomic E-state index is 0.160. The fourth-order valence-electron chi connectivity index (χ4n) is 3.02. The molecule has 1 aromatic carbocycles. The van der Waals surface area contributed by atoms with Crippen LogP contribution in [0.5, 0.6) is 0 Å². The van der Waals surface area contributed by atoms with Gasteiger partial charge in [-0.3, -0.25) is 4.79 Å². The van der Waals surface area contributed by atoms with Gasteiger partial charge < -0.3 is 9.88 Å². The summed E-state index contributed by atoms with van der Waals surface area (Å²) in [7, 11) is 0. The molecular weight excluding hydrogens is 236 g/mol.